The van der Waals surface area contributed by atoms with Crippen molar-refractivity contribution in [2.45, 2.75) is 13.8 Å². The highest BCUT2D eigenvalue weighted by atomic mass is 32.1. The molecular weight excluding hydrogens is 396 g/mol. The molecule has 0 aliphatic heterocycles. The highest BCUT2D eigenvalue weighted by molar-refractivity contribution is 7.21. The van der Waals surface area contributed by atoms with Crippen LogP contribution in [0.5, 0.6) is 0 Å². The van der Waals surface area contributed by atoms with Gasteiger partial charge in [-0.05, 0) is 36.4 Å². The van der Waals surface area contributed by atoms with Crippen molar-refractivity contribution in [2.24, 2.45) is 7.05 Å². The molecule has 0 atom stereocenters. The Hall–Kier alpha value is -2.84. The Morgan fingerprint density at radius 2 is 1.86 bits per heavy atom. The summed E-state index contributed by atoms with van der Waals surface area (Å²) in [5.74, 6) is -0.852. The van der Waals surface area contributed by atoms with Crippen molar-refractivity contribution in [3.63, 3.8) is 0 Å². The number of Topliss-reactive ketones (excluding diaryl/α,β-unsaturated/α-hetero) is 1. The lowest BCUT2D eigenvalue weighted by atomic mass is 10.1. The van der Waals surface area contributed by atoms with Gasteiger partial charge in [0.05, 0.1) is 16.6 Å². The Morgan fingerprint density at radius 1 is 1.11 bits per heavy atom. The molecule has 0 aliphatic rings. The third-order valence-electron chi connectivity index (χ3n) is 4.63. The quantitative estimate of drug-likeness (QED) is 0.376. The van der Waals surface area contributed by atoms with Crippen LogP contribution in [-0.4, -0.2) is 27.9 Å². The second-order valence-electron chi connectivity index (χ2n) is 6.45. The zero-order chi connectivity index (χ0) is 20.0. The van der Waals surface area contributed by atoms with Crippen molar-refractivity contribution in [3.8, 4) is 0 Å². The molecule has 4 rings (SSSR count). The number of rotatable bonds is 4. The molecule has 28 heavy (non-hydrogen) atoms. The van der Waals surface area contributed by atoms with E-state index in [-0.39, 0.29) is 17.9 Å². The lowest BCUT2D eigenvalue weighted by Crippen LogP contribution is -2.17. The van der Waals surface area contributed by atoms with Gasteiger partial charge in [0.15, 0.2) is 6.61 Å². The predicted molar refractivity (Wildman–Crippen MR) is 111 cm³/mol. The fraction of sp³-hybridized carbons (Fsp3) is 0.200. The highest BCUT2D eigenvalue weighted by Gasteiger charge is 2.22. The van der Waals surface area contributed by atoms with Crippen LogP contribution in [-0.2, 0) is 11.8 Å². The molecule has 0 unspecified atom stereocenters. The second kappa shape index (κ2) is 6.96. The highest BCUT2D eigenvalue weighted by Crippen LogP contribution is 2.31. The molecule has 0 N–H and O–H groups in total. The molecular formula is C20H16N2O4S2. The number of fused-ring (bicyclic) bond motifs is 2. The zero-order valence-corrected chi connectivity index (χ0v) is 17.1. The Kier molecular flexibility index (Phi) is 4.60. The van der Waals surface area contributed by atoms with E-state index in [9.17, 15) is 14.4 Å². The molecule has 3 heterocycles. The lowest BCUT2D eigenvalue weighted by molar-refractivity contribution is 0.0480. The Morgan fingerprint density at radius 3 is 2.61 bits per heavy atom. The van der Waals surface area contributed by atoms with Gasteiger partial charge in [-0.2, -0.15) is 0 Å². The number of hydrogen-bond donors (Lipinski definition) is 0. The summed E-state index contributed by atoms with van der Waals surface area (Å²) in [5, 5.41) is 1.44. The van der Waals surface area contributed by atoms with E-state index in [0.717, 1.165) is 27.0 Å². The van der Waals surface area contributed by atoms with Gasteiger partial charge in [-0.1, -0.05) is 18.2 Å². The molecule has 0 saturated heterocycles. The van der Waals surface area contributed by atoms with Gasteiger partial charge in [-0.25, -0.2) is 9.78 Å². The molecule has 6 nitrogen and oxygen atoms in total. The average molecular weight is 412 g/mol. The molecule has 0 bridgehead atoms. The van der Waals surface area contributed by atoms with Gasteiger partial charge < -0.3 is 9.30 Å². The Labute approximate surface area is 168 Å². The van der Waals surface area contributed by atoms with Crippen molar-refractivity contribution >= 4 is 54.7 Å². The molecule has 142 valence electrons. The van der Waals surface area contributed by atoms with Crippen LogP contribution in [0.4, 0.5) is 0 Å². The molecule has 0 aliphatic carbocycles. The van der Waals surface area contributed by atoms with Crippen molar-refractivity contribution in [1.82, 2.24) is 9.55 Å². The van der Waals surface area contributed by atoms with Crippen molar-refractivity contribution in [2.75, 3.05) is 6.61 Å². The van der Waals surface area contributed by atoms with Crippen molar-refractivity contribution in [3.05, 3.63) is 61.8 Å². The molecule has 3 aromatic heterocycles. The summed E-state index contributed by atoms with van der Waals surface area (Å²) in [7, 11) is 1.61. The molecule has 0 radical (unpaired) electrons. The molecule has 0 spiro atoms. The number of carbonyl (C=O) groups excluding carboxylic acids is 2. The van der Waals surface area contributed by atoms with Crippen LogP contribution in [0.25, 0.3) is 20.3 Å². The summed E-state index contributed by atoms with van der Waals surface area (Å²) < 4.78 is 7.66. The summed E-state index contributed by atoms with van der Waals surface area (Å²) in [6.07, 6.45) is 1.42. The zero-order valence-electron chi connectivity index (χ0n) is 15.4. The first-order valence-corrected chi connectivity index (χ1v) is 10.1. The van der Waals surface area contributed by atoms with Gasteiger partial charge in [-0.15, -0.1) is 22.7 Å². The van der Waals surface area contributed by atoms with E-state index in [2.05, 4.69) is 4.98 Å². The Balaban J connectivity index is 1.57. The smallest absolute Gasteiger partial charge is 0.349 e. The molecule has 0 amide bonds. The van der Waals surface area contributed by atoms with E-state index in [1.807, 2.05) is 31.2 Å². The maximum Gasteiger partial charge on any atom is 0.349 e. The summed E-state index contributed by atoms with van der Waals surface area (Å²) >= 11 is 2.50. The van der Waals surface area contributed by atoms with Crippen molar-refractivity contribution in [1.29, 1.82) is 0 Å². The van der Waals surface area contributed by atoms with Gasteiger partial charge in [0.25, 0.3) is 5.56 Å². The predicted octanol–water partition coefficient (Wildman–Crippen LogP) is 3.87. The minimum Gasteiger partial charge on any atom is -0.453 e. The van der Waals surface area contributed by atoms with E-state index in [0.29, 0.717) is 25.5 Å². The van der Waals surface area contributed by atoms with Crippen LogP contribution in [0, 0.1) is 13.8 Å². The number of nitrogens with zero attached hydrogens (tertiary/aromatic N) is 2. The first kappa shape index (κ1) is 18.5. The molecule has 1 aromatic carbocycles. The third-order valence-corrected chi connectivity index (χ3v) is 7.12. The first-order chi connectivity index (χ1) is 13.4. The number of esters is 1. The number of benzene rings is 1. The van der Waals surface area contributed by atoms with Gasteiger partial charge in [0.2, 0.25) is 5.78 Å². The SMILES string of the molecule is Cc1c(C(=O)COC(=O)c2sc3ncn(C)c(=O)c3c2C)sc2ccccc12. The lowest BCUT2D eigenvalue weighted by Gasteiger charge is -2.03. The van der Waals surface area contributed by atoms with Gasteiger partial charge >= 0.3 is 5.97 Å². The van der Waals surface area contributed by atoms with E-state index >= 15 is 0 Å². The second-order valence-corrected chi connectivity index (χ2v) is 8.50. The van der Waals surface area contributed by atoms with Crippen molar-refractivity contribution < 1.29 is 14.3 Å². The number of hydrogen-bond acceptors (Lipinski definition) is 7. The van der Waals surface area contributed by atoms with Crippen LogP contribution in [0.2, 0.25) is 0 Å². The van der Waals surface area contributed by atoms with E-state index in [1.54, 1.807) is 14.0 Å². The van der Waals surface area contributed by atoms with Crippen LogP contribution < -0.4 is 5.56 Å². The first-order valence-electron chi connectivity index (χ1n) is 8.51. The number of aromatic nitrogens is 2. The molecule has 0 saturated carbocycles. The number of ketones is 1. The minimum absolute atomic E-state index is 0.213. The van der Waals surface area contributed by atoms with E-state index in [4.69, 9.17) is 4.74 Å². The number of carbonyl (C=O) groups is 2. The van der Waals surface area contributed by atoms with E-state index < -0.39 is 5.97 Å². The fourth-order valence-electron chi connectivity index (χ4n) is 3.11. The maximum atomic E-state index is 12.6. The normalized spacial score (nSPS) is 11.2. The molecule has 4 aromatic rings. The standard InChI is InChI=1S/C20H16N2O4S2/c1-10-12-6-4-5-7-14(12)27-16(10)13(23)8-26-20(25)17-11(2)15-18(28-17)21-9-22(3)19(15)24/h4-7,9H,8H2,1-3H3. The average Bonchev–Trinajstić information content (AvgIpc) is 3.21. The third kappa shape index (κ3) is 2.94. The van der Waals surface area contributed by atoms with Crippen LogP contribution >= 0.6 is 22.7 Å². The fourth-order valence-corrected chi connectivity index (χ4v) is 5.27. The summed E-state index contributed by atoms with van der Waals surface area (Å²) in [6, 6.07) is 7.79. The summed E-state index contributed by atoms with van der Waals surface area (Å²) in [5.41, 5.74) is 1.21. The van der Waals surface area contributed by atoms with Gasteiger partial charge in [0.1, 0.15) is 9.71 Å². The van der Waals surface area contributed by atoms with Gasteiger partial charge in [-0.3, -0.25) is 9.59 Å². The largest absolute Gasteiger partial charge is 0.453 e. The van der Waals surface area contributed by atoms with E-state index in [1.165, 1.54) is 22.2 Å². The van der Waals surface area contributed by atoms with Crippen LogP contribution in [0.1, 0.15) is 30.5 Å². The van der Waals surface area contributed by atoms with Crippen LogP contribution in [0.15, 0.2) is 35.4 Å². The topological polar surface area (TPSA) is 78.3 Å². The summed E-state index contributed by atoms with van der Waals surface area (Å²) in [4.78, 5) is 43.0. The molecule has 0 fully saturated rings. The monoisotopic (exact) mass is 412 g/mol. The van der Waals surface area contributed by atoms with Crippen LogP contribution in [0.3, 0.4) is 0 Å². The molecule has 8 heteroatoms. The minimum atomic E-state index is -0.616. The number of ether oxygens (including phenoxy) is 1. The number of aryl methyl sites for hydroxylation is 3. The maximum absolute atomic E-state index is 12.6. The number of thiophene rings is 2. The van der Waals surface area contributed by atoms with Gasteiger partial charge in [0, 0.05) is 11.7 Å². The Bertz CT molecular complexity index is 1310. The summed E-state index contributed by atoms with van der Waals surface area (Å²) in [6.45, 7) is 3.24.